The van der Waals surface area contributed by atoms with Gasteiger partial charge >= 0.3 is 5.97 Å². The summed E-state index contributed by atoms with van der Waals surface area (Å²) in [6, 6.07) is 7.08. The minimum absolute atomic E-state index is 0.0950. The first-order valence-electron chi connectivity index (χ1n) is 8.78. The van der Waals surface area contributed by atoms with Crippen molar-refractivity contribution in [2.24, 2.45) is 0 Å². The molecule has 0 aliphatic rings. The Hall–Kier alpha value is -2.08. The molecule has 1 aromatic carbocycles. The maximum atomic E-state index is 12.8. The smallest absolute Gasteiger partial charge is 0.307 e. The Morgan fingerprint density at radius 3 is 2.36 bits per heavy atom. The average molecular weight is 350 g/mol. The van der Waals surface area contributed by atoms with Crippen molar-refractivity contribution in [2.75, 3.05) is 46.9 Å². The van der Waals surface area contributed by atoms with Gasteiger partial charge in [-0.3, -0.25) is 9.59 Å². The summed E-state index contributed by atoms with van der Waals surface area (Å²) in [6.45, 7) is 8.10. The summed E-state index contributed by atoms with van der Waals surface area (Å²) >= 11 is 0. The van der Waals surface area contributed by atoms with Crippen LogP contribution in [-0.2, 0) is 9.53 Å². The predicted octanol–water partition coefficient (Wildman–Crippen LogP) is 2.43. The Labute approximate surface area is 150 Å². The summed E-state index contributed by atoms with van der Waals surface area (Å²) < 4.78 is 9.89. The largest absolute Gasteiger partial charge is 0.497 e. The third-order valence-corrected chi connectivity index (χ3v) is 4.21. The number of methoxy groups -OCH3 is 2. The highest BCUT2D eigenvalue weighted by Crippen LogP contribution is 2.15. The van der Waals surface area contributed by atoms with Gasteiger partial charge in [0.25, 0.3) is 5.91 Å². The highest BCUT2D eigenvalue weighted by molar-refractivity contribution is 5.94. The second-order valence-electron chi connectivity index (χ2n) is 5.73. The van der Waals surface area contributed by atoms with Crippen LogP contribution in [0.1, 0.15) is 37.0 Å². The SMILES string of the molecule is CCN(CC)CCCN(CCC(=O)OC)C(=O)c1cccc(OC)c1. The van der Waals surface area contributed by atoms with Crippen molar-refractivity contribution in [2.45, 2.75) is 26.7 Å². The van der Waals surface area contributed by atoms with Gasteiger partial charge < -0.3 is 19.3 Å². The number of amides is 1. The van der Waals surface area contributed by atoms with Crippen LogP contribution in [0.3, 0.4) is 0 Å². The molecule has 0 N–H and O–H groups in total. The zero-order chi connectivity index (χ0) is 18.7. The Balaban J connectivity index is 2.77. The molecule has 0 saturated carbocycles. The third-order valence-electron chi connectivity index (χ3n) is 4.21. The van der Waals surface area contributed by atoms with Crippen LogP contribution in [0.15, 0.2) is 24.3 Å². The molecule has 140 valence electrons. The predicted molar refractivity (Wildman–Crippen MR) is 97.9 cm³/mol. The number of rotatable bonds is 11. The molecule has 0 spiro atoms. The van der Waals surface area contributed by atoms with Crippen molar-refractivity contribution < 1.29 is 19.1 Å². The number of ether oxygens (including phenoxy) is 2. The van der Waals surface area contributed by atoms with E-state index in [1.54, 1.807) is 36.3 Å². The molecule has 0 saturated heterocycles. The molecule has 6 nitrogen and oxygen atoms in total. The molecule has 6 heteroatoms. The Kier molecular flexibility index (Phi) is 9.62. The molecule has 0 fully saturated rings. The molecule has 1 aromatic rings. The topological polar surface area (TPSA) is 59.1 Å². The number of hydrogen-bond donors (Lipinski definition) is 0. The molecule has 0 bridgehead atoms. The Morgan fingerprint density at radius 1 is 1.04 bits per heavy atom. The molecule has 25 heavy (non-hydrogen) atoms. The summed E-state index contributed by atoms with van der Waals surface area (Å²) in [4.78, 5) is 28.3. The molecular weight excluding hydrogens is 320 g/mol. The maximum Gasteiger partial charge on any atom is 0.307 e. The minimum Gasteiger partial charge on any atom is -0.497 e. The van der Waals surface area contributed by atoms with Gasteiger partial charge in [-0.05, 0) is 44.3 Å². The Bertz CT molecular complexity index is 544. The molecule has 0 atom stereocenters. The van der Waals surface area contributed by atoms with Crippen LogP contribution in [0.2, 0.25) is 0 Å². The van der Waals surface area contributed by atoms with Crippen LogP contribution >= 0.6 is 0 Å². The van der Waals surface area contributed by atoms with E-state index in [-0.39, 0.29) is 18.3 Å². The fraction of sp³-hybridized carbons (Fsp3) is 0.579. The first-order valence-corrected chi connectivity index (χ1v) is 8.78. The lowest BCUT2D eigenvalue weighted by atomic mass is 10.1. The number of hydrogen-bond acceptors (Lipinski definition) is 5. The van der Waals surface area contributed by atoms with E-state index in [2.05, 4.69) is 18.7 Å². The van der Waals surface area contributed by atoms with E-state index in [0.717, 1.165) is 26.1 Å². The van der Waals surface area contributed by atoms with E-state index in [0.29, 0.717) is 24.4 Å². The maximum absolute atomic E-state index is 12.8. The molecule has 0 aliphatic carbocycles. The van der Waals surface area contributed by atoms with E-state index >= 15 is 0 Å². The minimum atomic E-state index is -0.313. The molecule has 0 heterocycles. The van der Waals surface area contributed by atoms with Crippen molar-refractivity contribution in [1.82, 2.24) is 9.80 Å². The summed E-state index contributed by atoms with van der Waals surface area (Å²) in [5.41, 5.74) is 0.562. The van der Waals surface area contributed by atoms with Gasteiger partial charge in [-0.15, -0.1) is 0 Å². The fourth-order valence-corrected chi connectivity index (χ4v) is 2.61. The average Bonchev–Trinajstić information content (AvgIpc) is 2.66. The zero-order valence-electron chi connectivity index (χ0n) is 15.8. The highest BCUT2D eigenvalue weighted by Gasteiger charge is 2.18. The van der Waals surface area contributed by atoms with Crippen LogP contribution in [0.25, 0.3) is 0 Å². The summed E-state index contributed by atoms with van der Waals surface area (Å²) in [6.07, 6.45) is 1.05. The molecular formula is C19H30N2O4. The van der Waals surface area contributed by atoms with Crippen molar-refractivity contribution in [3.63, 3.8) is 0 Å². The van der Waals surface area contributed by atoms with Crippen molar-refractivity contribution in [1.29, 1.82) is 0 Å². The second kappa shape index (κ2) is 11.5. The van der Waals surface area contributed by atoms with Crippen LogP contribution in [-0.4, -0.2) is 68.6 Å². The number of nitrogens with zero attached hydrogens (tertiary/aromatic N) is 2. The number of carbonyl (C=O) groups excluding carboxylic acids is 2. The van der Waals surface area contributed by atoms with Crippen molar-refractivity contribution in [3.05, 3.63) is 29.8 Å². The van der Waals surface area contributed by atoms with Crippen LogP contribution in [0.4, 0.5) is 0 Å². The monoisotopic (exact) mass is 350 g/mol. The quantitative estimate of drug-likeness (QED) is 0.574. The Morgan fingerprint density at radius 2 is 1.76 bits per heavy atom. The van der Waals surface area contributed by atoms with Gasteiger partial charge in [0.05, 0.1) is 20.6 Å². The van der Waals surface area contributed by atoms with Gasteiger partial charge in [0.1, 0.15) is 5.75 Å². The van der Waals surface area contributed by atoms with Crippen molar-refractivity contribution in [3.8, 4) is 5.75 Å². The zero-order valence-corrected chi connectivity index (χ0v) is 15.8. The number of benzene rings is 1. The van der Waals surface area contributed by atoms with Crippen LogP contribution in [0, 0.1) is 0 Å². The van der Waals surface area contributed by atoms with E-state index < -0.39 is 0 Å². The standard InChI is InChI=1S/C19H30N2O4/c1-5-20(6-2)12-8-13-21(14-11-18(22)25-4)19(23)16-9-7-10-17(15-16)24-3/h7,9-10,15H,5-6,8,11-14H2,1-4H3. The lowest BCUT2D eigenvalue weighted by Crippen LogP contribution is -2.36. The van der Waals surface area contributed by atoms with E-state index in [1.165, 1.54) is 7.11 Å². The molecule has 1 amide bonds. The van der Waals surface area contributed by atoms with Crippen molar-refractivity contribution >= 4 is 11.9 Å². The number of esters is 1. The van der Waals surface area contributed by atoms with Gasteiger partial charge in [0.2, 0.25) is 0 Å². The molecule has 1 rings (SSSR count). The molecule has 0 aromatic heterocycles. The third kappa shape index (κ3) is 7.13. The van der Waals surface area contributed by atoms with E-state index in [9.17, 15) is 9.59 Å². The molecule has 0 aliphatic heterocycles. The first kappa shape index (κ1) is 21.0. The van der Waals surface area contributed by atoms with Gasteiger partial charge in [0, 0.05) is 18.7 Å². The molecule has 0 radical (unpaired) electrons. The van der Waals surface area contributed by atoms with Crippen LogP contribution < -0.4 is 4.74 Å². The fourth-order valence-electron chi connectivity index (χ4n) is 2.61. The van der Waals surface area contributed by atoms with Gasteiger partial charge in [0.15, 0.2) is 0 Å². The van der Waals surface area contributed by atoms with E-state index in [1.807, 2.05) is 0 Å². The first-order chi connectivity index (χ1) is 12.0. The normalized spacial score (nSPS) is 10.6. The highest BCUT2D eigenvalue weighted by atomic mass is 16.5. The summed E-state index contributed by atoms with van der Waals surface area (Å²) in [5, 5.41) is 0. The van der Waals surface area contributed by atoms with Gasteiger partial charge in [-0.1, -0.05) is 19.9 Å². The number of carbonyl (C=O) groups is 2. The lowest BCUT2D eigenvalue weighted by molar-refractivity contribution is -0.140. The van der Waals surface area contributed by atoms with Gasteiger partial charge in [-0.2, -0.15) is 0 Å². The summed E-state index contributed by atoms with van der Waals surface area (Å²) in [7, 11) is 2.93. The van der Waals surface area contributed by atoms with Gasteiger partial charge in [-0.25, -0.2) is 0 Å². The van der Waals surface area contributed by atoms with E-state index in [4.69, 9.17) is 9.47 Å². The van der Waals surface area contributed by atoms with Crippen LogP contribution in [0.5, 0.6) is 5.75 Å². The summed E-state index contributed by atoms with van der Waals surface area (Å²) in [5.74, 6) is 0.233. The lowest BCUT2D eigenvalue weighted by Gasteiger charge is -2.25. The molecule has 0 unspecified atom stereocenters. The second-order valence-corrected chi connectivity index (χ2v) is 5.73.